The molecule has 0 amide bonds. The molecule has 0 spiro atoms. The van der Waals surface area contributed by atoms with Gasteiger partial charge in [-0.15, -0.1) is 0 Å². The van der Waals surface area contributed by atoms with E-state index < -0.39 is 0 Å². The van der Waals surface area contributed by atoms with E-state index in [9.17, 15) is 0 Å². The Kier molecular flexibility index (Phi) is 3.86. The fourth-order valence-corrected chi connectivity index (χ4v) is 2.72. The van der Waals surface area contributed by atoms with Crippen molar-refractivity contribution in [2.45, 2.75) is 19.3 Å². The summed E-state index contributed by atoms with van der Waals surface area (Å²) in [5, 5.41) is 9.20. The second-order valence-corrected chi connectivity index (χ2v) is 5.16. The van der Waals surface area contributed by atoms with Crippen molar-refractivity contribution in [2.75, 3.05) is 20.2 Å². The van der Waals surface area contributed by atoms with Crippen LogP contribution in [0.4, 0.5) is 0 Å². The molecule has 20 heavy (non-hydrogen) atoms. The van der Waals surface area contributed by atoms with Gasteiger partial charge in [-0.2, -0.15) is 5.10 Å². The smallest absolute Gasteiger partial charge is 0.128 e. The molecule has 3 heteroatoms. The van der Waals surface area contributed by atoms with Crippen LogP contribution >= 0.6 is 0 Å². The molecule has 2 aromatic carbocycles. The topological polar surface area (TPSA) is 24.8 Å². The highest BCUT2D eigenvalue weighted by Gasteiger charge is 2.09. The molecule has 1 saturated heterocycles. The van der Waals surface area contributed by atoms with Gasteiger partial charge >= 0.3 is 0 Å². The summed E-state index contributed by atoms with van der Waals surface area (Å²) in [5.74, 6) is 0.879. The lowest BCUT2D eigenvalue weighted by atomic mass is 10.0. The molecular formula is C17H20N2O. The summed E-state index contributed by atoms with van der Waals surface area (Å²) in [7, 11) is 1.71. The molecule has 3 nitrogen and oxygen atoms in total. The number of hydrogen-bond donors (Lipinski definition) is 0. The third-order valence-corrected chi connectivity index (χ3v) is 3.83. The highest BCUT2D eigenvalue weighted by molar-refractivity contribution is 6.02. The molecule has 0 atom stereocenters. The SMILES string of the molecule is COc1ccc2ccccc2c1/C=N\N1CCCCC1. The lowest BCUT2D eigenvalue weighted by Gasteiger charge is -2.23. The number of fused-ring (bicyclic) bond motifs is 1. The predicted octanol–water partition coefficient (Wildman–Crippen LogP) is 3.67. The summed E-state index contributed by atoms with van der Waals surface area (Å²) in [6.45, 7) is 2.12. The number of rotatable bonds is 3. The van der Waals surface area contributed by atoms with Crippen molar-refractivity contribution in [2.24, 2.45) is 5.10 Å². The van der Waals surface area contributed by atoms with Gasteiger partial charge in [-0.3, -0.25) is 5.01 Å². The maximum absolute atomic E-state index is 5.48. The van der Waals surface area contributed by atoms with Gasteiger partial charge in [0.05, 0.1) is 13.3 Å². The van der Waals surface area contributed by atoms with Crippen LogP contribution in [0.3, 0.4) is 0 Å². The normalized spacial score (nSPS) is 15.9. The molecular weight excluding hydrogens is 248 g/mol. The van der Waals surface area contributed by atoms with Gasteiger partial charge in [0.25, 0.3) is 0 Å². The molecule has 0 unspecified atom stereocenters. The van der Waals surface area contributed by atoms with Gasteiger partial charge in [0, 0.05) is 18.7 Å². The van der Waals surface area contributed by atoms with Gasteiger partial charge in [0.15, 0.2) is 0 Å². The second-order valence-electron chi connectivity index (χ2n) is 5.16. The molecule has 0 radical (unpaired) electrons. The van der Waals surface area contributed by atoms with E-state index in [1.807, 2.05) is 12.3 Å². The Labute approximate surface area is 119 Å². The number of benzene rings is 2. The van der Waals surface area contributed by atoms with Gasteiger partial charge in [-0.05, 0) is 36.1 Å². The second kappa shape index (κ2) is 5.95. The standard InChI is InChI=1S/C17H20N2O/c1-20-17-10-9-14-7-3-4-8-15(14)16(17)13-18-19-11-5-2-6-12-19/h3-4,7-10,13H,2,5-6,11-12H2,1H3/b18-13-. The molecule has 0 N–H and O–H groups in total. The van der Waals surface area contributed by atoms with Crippen molar-refractivity contribution in [1.82, 2.24) is 5.01 Å². The van der Waals surface area contributed by atoms with Crippen LogP contribution < -0.4 is 4.74 Å². The minimum absolute atomic E-state index is 0.879. The Balaban J connectivity index is 1.97. The largest absolute Gasteiger partial charge is 0.496 e. The lowest BCUT2D eigenvalue weighted by molar-refractivity contribution is 0.240. The van der Waals surface area contributed by atoms with E-state index in [0.717, 1.165) is 24.4 Å². The van der Waals surface area contributed by atoms with Gasteiger partial charge in [-0.1, -0.05) is 30.3 Å². The molecule has 1 fully saturated rings. The zero-order chi connectivity index (χ0) is 13.8. The highest BCUT2D eigenvalue weighted by Crippen LogP contribution is 2.26. The maximum atomic E-state index is 5.48. The van der Waals surface area contributed by atoms with Crippen LogP contribution in [0.2, 0.25) is 0 Å². The first-order chi connectivity index (χ1) is 9.88. The summed E-state index contributed by atoms with van der Waals surface area (Å²) in [6.07, 6.45) is 5.75. The fraction of sp³-hybridized carbons (Fsp3) is 0.353. The van der Waals surface area contributed by atoms with Crippen molar-refractivity contribution in [3.05, 3.63) is 42.0 Å². The van der Waals surface area contributed by atoms with Crippen molar-refractivity contribution in [3.8, 4) is 5.75 Å². The van der Waals surface area contributed by atoms with Crippen LogP contribution in [0, 0.1) is 0 Å². The average Bonchev–Trinajstić information content (AvgIpc) is 2.53. The van der Waals surface area contributed by atoms with Crippen molar-refractivity contribution >= 4 is 17.0 Å². The third kappa shape index (κ3) is 2.62. The molecule has 0 aliphatic carbocycles. The van der Waals surface area contributed by atoms with Crippen LogP contribution in [-0.4, -0.2) is 31.4 Å². The minimum Gasteiger partial charge on any atom is -0.496 e. The van der Waals surface area contributed by atoms with Crippen LogP contribution in [0.5, 0.6) is 5.75 Å². The van der Waals surface area contributed by atoms with Crippen molar-refractivity contribution in [3.63, 3.8) is 0 Å². The van der Waals surface area contributed by atoms with E-state index in [1.165, 1.54) is 30.0 Å². The summed E-state index contributed by atoms with van der Waals surface area (Å²) < 4.78 is 5.48. The number of nitrogens with zero attached hydrogens (tertiary/aromatic N) is 2. The molecule has 0 bridgehead atoms. The van der Waals surface area contributed by atoms with Gasteiger partial charge in [0.1, 0.15) is 5.75 Å². The first-order valence-corrected chi connectivity index (χ1v) is 7.23. The summed E-state index contributed by atoms with van der Waals surface area (Å²) in [4.78, 5) is 0. The third-order valence-electron chi connectivity index (χ3n) is 3.83. The number of methoxy groups -OCH3 is 1. The summed E-state index contributed by atoms with van der Waals surface area (Å²) in [6, 6.07) is 12.5. The van der Waals surface area contributed by atoms with Gasteiger partial charge < -0.3 is 4.74 Å². The molecule has 104 valence electrons. The maximum Gasteiger partial charge on any atom is 0.128 e. The Hall–Kier alpha value is -2.03. The number of piperidine rings is 1. The van der Waals surface area contributed by atoms with Crippen molar-refractivity contribution < 1.29 is 4.74 Å². The molecule has 1 aliphatic heterocycles. The monoisotopic (exact) mass is 268 g/mol. The van der Waals surface area contributed by atoms with Crippen LogP contribution in [0.15, 0.2) is 41.5 Å². The zero-order valence-electron chi connectivity index (χ0n) is 11.9. The number of hydrogen-bond acceptors (Lipinski definition) is 3. The Morgan fingerprint density at radius 3 is 2.65 bits per heavy atom. The first kappa shape index (κ1) is 13.0. The minimum atomic E-state index is 0.879. The van der Waals surface area contributed by atoms with E-state index >= 15 is 0 Å². The number of hydrazone groups is 1. The predicted molar refractivity (Wildman–Crippen MR) is 83.5 cm³/mol. The molecule has 3 rings (SSSR count). The molecule has 1 heterocycles. The average molecular weight is 268 g/mol. The fourth-order valence-electron chi connectivity index (χ4n) is 2.72. The van der Waals surface area contributed by atoms with Gasteiger partial charge in [-0.25, -0.2) is 0 Å². The Morgan fingerprint density at radius 2 is 1.85 bits per heavy atom. The lowest BCUT2D eigenvalue weighted by Crippen LogP contribution is -2.24. The Bertz CT molecular complexity index is 615. The van der Waals surface area contributed by atoms with E-state index in [2.05, 4.69) is 40.4 Å². The van der Waals surface area contributed by atoms with Crippen molar-refractivity contribution in [1.29, 1.82) is 0 Å². The molecule has 0 aromatic heterocycles. The van der Waals surface area contributed by atoms with Crippen LogP contribution in [0.25, 0.3) is 10.8 Å². The van der Waals surface area contributed by atoms with E-state index in [-0.39, 0.29) is 0 Å². The van der Waals surface area contributed by atoms with Crippen LogP contribution in [-0.2, 0) is 0 Å². The van der Waals surface area contributed by atoms with E-state index in [1.54, 1.807) is 7.11 Å². The summed E-state index contributed by atoms with van der Waals surface area (Å²) >= 11 is 0. The van der Waals surface area contributed by atoms with Gasteiger partial charge in [0.2, 0.25) is 0 Å². The van der Waals surface area contributed by atoms with E-state index in [4.69, 9.17) is 4.74 Å². The molecule has 2 aromatic rings. The summed E-state index contributed by atoms with van der Waals surface area (Å²) in [5.41, 5.74) is 1.07. The molecule has 1 aliphatic rings. The zero-order valence-corrected chi connectivity index (χ0v) is 11.9. The first-order valence-electron chi connectivity index (χ1n) is 7.23. The quantitative estimate of drug-likeness (QED) is 0.793. The number of ether oxygens (including phenoxy) is 1. The van der Waals surface area contributed by atoms with Crippen LogP contribution in [0.1, 0.15) is 24.8 Å². The van der Waals surface area contributed by atoms with E-state index in [0.29, 0.717) is 0 Å². The molecule has 0 saturated carbocycles. The highest BCUT2D eigenvalue weighted by atomic mass is 16.5. The Morgan fingerprint density at radius 1 is 1.05 bits per heavy atom.